The molecular formula is C20H25N7O2. The first-order valence-corrected chi connectivity index (χ1v) is 10.2. The number of nitrogens with one attached hydrogen (secondary N) is 1. The SMILES string of the molecule is C[C@H]1CN(Cc2ncccn2)CC1c1nn2c(C3CCOCC3)ncc2c(=O)[nH]1. The summed E-state index contributed by atoms with van der Waals surface area (Å²) in [6.45, 7) is 6.09. The summed E-state index contributed by atoms with van der Waals surface area (Å²) in [5.74, 6) is 3.22. The van der Waals surface area contributed by atoms with E-state index in [9.17, 15) is 4.79 Å². The Morgan fingerprint density at radius 1 is 1.17 bits per heavy atom. The highest BCUT2D eigenvalue weighted by molar-refractivity contribution is 5.42. The second kappa shape index (κ2) is 7.64. The molecule has 0 radical (unpaired) electrons. The number of likely N-dealkylation sites (tertiary alicyclic amines) is 1. The number of ether oxygens (including phenoxy) is 1. The van der Waals surface area contributed by atoms with Crippen LogP contribution in [0.15, 0.2) is 29.5 Å². The molecule has 9 heteroatoms. The van der Waals surface area contributed by atoms with Crippen molar-refractivity contribution in [2.75, 3.05) is 26.3 Å². The molecule has 0 bridgehead atoms. The maximum absolute atomic E-state index is 12.7. The highest BCUT2D eigenvalue weighted by atomic mass is 16.5. The molecule has 0 spiro atoms. The van der Waals surface area contributed by atoms with E-state index in [0.717, 1.165) is 56.6 Å². The second-order valence-electron chi connectivity index (χ2n) is 8.08. The van der Waals surface area contributed by atoms with Crippen LogP contribution < -0.4 is 5.56 Å². The summed E-state index contributed by atoms with van der Waals surface area (Å²) in [6.07, 6.45) is 6.99. The van der Waals surface area contributed by atoms with Crippen molar-refractivity contribution in [2.45, 2.75) is 38.1 Å². The summed E-state index contributed by atoms with van der Waals surface area (Å²) in [4.78, 5) is 31.2. The smallest absolute Gasteiger partial charge is 0.276 e. The summed E-state index contributed by atoms with van der Waals surface area (Å²) in [5, 5.41) is 4.84. The van der Waals surface area contributed by atoms with Gasteiger partial charge in [-0.1, -0.05) is 6.92 Å². The molecule has 3 aromatic heterocycles. The summed E-state index contributed by atoms with van der Waals surface area (Å²) in [5.41, 5.74) is 0.383. The van der Waals surface area contributed by atoms with Crippen molar-refractivity contribution < 1.29 is 4.74 Å². The maximum atomic E-state index is 12.7. The zero-order valence-corrected chi connectivity index (χ0v) is 16.5. The molecule has 5 heterocycles. The highest BCUT2D eigenvalue weighted by Crippen LogP contribution is 2.31. The highest BCUT2D eigenvalue weighted by Gasteiger charge is 2.33. The van der Waals surface area contributed by atoms with Gasteiger partial charge in [0.05, 0.1) is 12.7 Å². The molecule has 0 saturated carbocycles. The van der Waals surface area contributed by atoms with E-state index in [4.69, 9.17) is 9.84 Å². The third-order valence-corrected chi connectivity index (χ3v) is 6.06. The Balaban J connectivity index is 1.43. The van der Waals surface area contributed by atoms with E-state index < -0.39 is 0 Å². The van der Waals surface area contributed by atoms with Crippen LogP contribution in [0.25, 0.3) is 5.52 Å². The molecule has 9 nitrogen and oxygen atoms in total. The van der Waals surface area contributed by atoms with Crippen LogP contribution in [0.5, 0.6) is 0 Å². The molecule has 152 valence electrons. The zero-order chi connectivity index (χ0) is 19.8. The Morgan fingerprint density at radius 3 is 2.76 bits per heavy atom. The third-order valence-electron chi connectivity index (χ3n) is 6.06. The zero-order valence-electron chi connectivity index (χ0n) is 16.5. The van der Waals surface area contributed by atoms with E-state index in [0.29, 0.717) is 18.0 Å². The Kier molecular flexibility index (Phi) is 4.84. The van der Waals surface area contributed by atoms with E-state index in [1.807, 2.05) is 6.07 Å². The monoisotopic (exact) mass is 395 g/mol. The molecule has 2 aliphatic rings. The van der Waals surface area contributed by atoms with Crippen LogP contribution in [0, 0.1) is 5.92 Å². The number of aromatic amines is 1. The van der Waals surface area contributed by atoms with Crippen LogP contribution in [0.1, 0.15) is 49.1 Å². The van der Waals surface area contributed by atoms with Gasteiger partial charge in [0.15, 0.2) is 5.52 Å². The predicted molar refractivity (Wildman–Crippen MR) is 106 cm³/mol. The minimum absolute atomic E-state index is 0.127. The minimum Gasteiger partial charge on any atom is -0.381 e. The predicted octanol–water partition coefficient (Wildman–Crippen LogP) is 1.34. The summed E-state index contributed by atoms with van der Waals surface area (Å²) < 4.78 is 7.24. The topological polar surface area (TPSA) is 101 Å². The number of hydrogen-bond donors (Lipinski definition) is 1. The molecule has 5 rings (SSSR count). The molecule has 2 fully saturated rings. The van der Waals surface area contributed by atoms with Gasteiger partial charge in [-0.2, -0.15) is 5.10 Å². The fourth-order valence-corrected chi connectivity index (χ4v) is 4.50. The van der Waals surface area contributed by atoms with Gasteiger partial charge < -0.3 is 9.72 Å². The van der Waals surface area contributed by atoms with Crippen molar-refractivity contribution in [1.82, 2.24) is 34.4 Å². The first-order chi connectivity index (χ1) is 14.2. The van der Waals surface area contributed by atoms with Gasteiger partial charge in [0.2, 0.25) is 0 Å². The van der Waals surface area contributed by atoms with Crippen molar-refractivity contribution in [3.8, 4) is 0 Å². The number of nitrogens with zero attached hydrogens (tertiary/aromatic N) is 6. The fourth-order valence-electron chi connectivity index (χ4n) is 4.50. The number of aromatic nitrogens is 6. The van der Waals surface area contributed by atoms with Crippen molar-refractivity contribution >= 4 is 5.52 Å². The summed E-state index contributed by atoms with van der Waals surface area (Å²) in [6, 6.07) is 1.82. The number of H-pyrrole nitrogens is 1. The molecule has 2 aliphatic heterocycles. The lowest BCUT2D eigenvalue weighted by Gasteiger charge is -2.21. The number of hydrogen-bond acceptors (Lipinski definition) is 7. The van der Waals surface area contributed by atoms with Gasteiger partial charge >= 0.3 is 0 Å². The fraction of sp³-hybridized carbons (Fsp3) is 0.550. The summed E-state index contributed by atoms with van der Waals surface area (Å²) >= 11 is 0. The van der Waals surface area contributed by atoms with Crippen LogP contribution >= 0.6 is 0 Å². The molecular weight excluding hydrogens is 370 g/mol. The molecule has 0 amide bonds. The van der Waals surface area contributed by atoms with Crippen LogP contribution in [0.4, 0.5) is 0 Å². The Morgan fingerprint density at radius 2 is 1.97 bits per heavy atom. The molecule has 0 aromatic carbocycles. The first kappa shape index (κ1) is 18.4. The van der Waals surface area contributed by atoms with Gasteiger partial charge in [0.25, 0.3) is 5.56 Å². The van der Waals surface area contributed by atoms with Gasteiger partial charge in [0.1, 0.15) is 17.5 Å². The first-order valence-electron chi connectivity index (χ1n) is 10.2. The largest absolute Gasteiger partial charge is 0.381 e. The maximum Gasteiger partial charge on any atom is 0.276 e. The normalized spacial score (nSPS) is 23.8. The lowest BCUT2D eigenvalue weighted by Crippen LogP contribution is -2.24. The second-order valence-corrected chi connectivity index (χ2v) is 8.08. The van der Waals surface area contributed by atoms with Crippen molar-refractivity contribution in [3.05, 3.63) is 52.5 Å². The number of rotatable bonds is 4. The molecule has 0 aliphatic carbocycles. The molecule has 3 aromatic rings. The van der Waals surface area contributed by atoms with Crippen molar-refractivity contribution in [1.29, 1.82) is 0 Å². The van der Waals surface area contributed by atoms with E-state index in [2.05, 4.69) is 31.8 Å². The van der Waals surface area contributed by atoms with E-state index in [-0.39, 0.29) is 17.4 Å². The quantitative estimate of drug-likeness (QED) is 0.711. The summed E-state index contributed by atoms with van der Waals surface area (Å²) in [7, 11) is 0. The number of imidazole rings is 1. The lowest BCUT2D eigenvalue weighted by molar-refractivity contribution is 0.0832. The molecule has 29 heavy (non-hydrogen) atoms. The standard InChI is InChI=1S/C20H25N7O2/c1-13-10-26(12-17-21-5-2-6-22-17)11-15(13)18-24-20(28)16-9-23-19(27(16)25-18)14-3-7-29-8-4-14/h2,5-6,9,13-15H,3-4,7-8,10-12H2,1H3,(H,24,25,28)/t13-,15?/m0/s1. The van der Waals surface area contributed by atoms with Gasteiger partial charge in [-0.25, -0.2) is 19.5 Å². The van der Waals surface area contributed by atoms with E-state index >= 15 is 0 Å². The average Bonchev–Trinajstić information content (AvgIpc) is 3.33. The van der Waals surface area contributed by atoms with E-state index in [1.165, 1.54) is 0 Å². The third kappa shape index (κ3) is 3.56. The van der Waals surface area contributed by atoms with Crippen LogP contribution in [0.3, 0.4) is 0 Å². The number of fused-ring (bicyclic) bond motifs is 1. The van der Waals surface area contributed by atoms with Gasteiger partial charge in [-0.05, 0) is 24.8 Å². The van der Waals surface area contributed by atoms with Gasteiger partial charge in [0, 0.05) is 50.5 Å². The van der Waals surface area contributed by atoms with Crippen molar-refractivity contribution in [3.63, 3.8) is 0 Å². The minimum atomic E-state index is -0.127. The Hall–Kier alpha value is -2.65. The van der Waals surface area contributed by atoms with Crippen LogP contribution in [-0.2, 0) is 11.3 Å². The van der Waals surface area contributed by atoms with Gasteiger partial charge in [-0.3, -0.25) is 9.69 Å². The van der Waals surface area contributed by atoms with Gasteiger partial charge in [-0.15, -0.1) is 0 Å². The lowest BCUT2D eigenvalue weighted by atomic mass is 9.97. The van der Waals surface area contributed by atoms with Crippen molar-refractivity contribution in [2.24, 2.45) is 5.92 Å². The van der Waals surface area contributed by atoms with E-state index in [1.54, 1.807) is 23.1 Å². The average molecular weight is 395 g/mol. The Bertz CT molecular complexity index is 1040. The van der Waals surface area contributed by atoms with Crippen LogP contribution in [0.2, 0.25) is 0 Å². The molecule has 1 N–H and O–H groups in total. The Labute approximate surface area is 168 Å². The molecule has 2 atom stereocenters. The van der Waals surface area contributed by atoms with Crippen LogP contribution in [-0.4, -0.2) is 60.8 Å². The molecule has 2 saturated heterocycles. The molecule has 1 unspecified atom stereocenters.